The number of hydrogen-bond donors (Lipinski definition) is 2. The number of urea groups is 1. The number of carbonyl (C=O) groups excluding carboxylic acids is 1. The van der Waals surface area contributed by atoms with Gasteiger partial charge in [0.2, 0.25) is 0 Å². The SMILES string of the molecule is O=C(O)CN(CC1CC1)C(=O)Nc1ccc(F)c(Cl)c1. The van der Waals surface area contributed by atoms with Gasteiger partial charge in [-0.1, -0.05) is 11.6 Å². The summed E-state index contributed by atoms with van der Waals surface area (Å²) in [5.41, 5.74) is 0.326. The van der Waals surface area contributed by atoms with E-state index in [9.17, 15) is 14.0 Å². The molecule has 2 rings (SSSR count). The van der Waals surface area contributed by atoms with E-state index in [-0.39, 0.29) is 11.6 Å². The van der Waals surface area contributed by atoms with Gasteiger partial charge in [0.15, 0.2) is 0 Å². The molecule has 7 heteroatoms. The molecule has 108 valence electrons. The molecule has 0 heterocycles. The lowest BCUT2D eigenvalue weighted by molar-refractivity contribution is -0.137. The summed E-state index contributed by atoms with van der Waals surface area (Å²) in [4.78, 5) is 24.0. The zero-order chi connectivity index (χ0) is 14.7. The molecular formula is C13H14ClFN2O3. The first-order valence-electron chi connectivity index (χ1n) is 6.18. The number of rotatable bonds is 5. The third-order valence-corrected chi connectivity index (χ3v) is 3.25. The second kappa shape index (κ2) is 6.09. The molecule has 1 aromatic carbocycles. The minimum atomic E-state index is -1.07. The maximum Gasteiger partial charge on any atom is 0.323 e. The second-order valence-corrected chi connectivity index (χ2v) is 5.18. The van der Waals surface area contributed by atoms with Crippen LogP contribution in [0.1, 0.15) is 12.8 Å². The third kappa shape index (κ3) is 4.09. The van der Waals surface area contributed by atoms with E-state index in [1.54, 1.807) is 0 Å². The largest absolute Gasteiger partial charge is 0.480 e. The summed E-state index contributed by atoms with van der Waals surface area (Å²) in [5.74, 6) is -1.28. The van der Waals surface area contributed by atoms with Crippen LogP contribution in [0.3, 0.4) is 0 Å². The van der Waals surface area contributed by atoms with Crippen LogP contribution in [0.2, 0.25) is 5.02 Å². The van der Waals surface area contributed by atoms with Crippen LogP contribution in [0, 0.1) is 11.7 Å². The fourth-order valence-electron chi connectivity index (χ4n) is 1.77. The van der Waals surface area contributed by atoms with E-state index in [0.29, 0.717) is 18.2 Å². The highest BCUT2D eigenvalue weighted by Crippen LogP contribution is 2.30. The van der Waals surface area contributed by atoms with Crippen molar-refractivity contribution >= 4 is 29.3 Å². The van der Waals surface area contributed by atoms with Crippen LogP contribution in [-0.4, -0.2) is 35.1 Å². The molecule has 1 saturated carbocycles. The molecule has 0 unspecified atom stereocenters. The van der Waals surface area contributed by atoms with Crippen LogP contribution in [0.4, 0.5) is 14.9 Å². The molecule has 0 aromatic heterocycles. The highest BCUT2D eigenvalue weighted by molar-refractivity contribution is 6.31. The summed E-state index contributed by atoms with van der Waals surface area (Å²) < 4.78 is 13.0. The number of hydrogen-bond acceptors (Lipinski definition) is 2. The normalized spacial score (nSPS) is 13.9. The number of aliphatic carboxylic acids is 1. The summed E-state index contributed by atoms with van der Waals surface area (Å²) in [7, 11) is 0. The smallest absolute Gasteiger partial charge is 0.323 e. The molecule has 0 spiro atoms. The first-order valence-corrected chi connectivity index (χ1v) is 6.56. The molecule has 5 nitrogen and oxygen atoms in total. The number of halogens is 2. The number of amides is 2. The third-order valence-electron chi connectivity index (χ3n) is 2.96. The lowest BCUT2D eigenvalue weighted by Crippen LogP contribution is -2.40. The molecule has 1 fully saturated rings. The fraction of sp³-hybridized carbons (Fsp3) is 0.385. The molecule has 0 radical (unpaired) electrons. The van der Waals surface area contributed by atoms with Gasteiger partial charge in [-0.05, 0) is 37.0 Å². The highest BCUT2D eigenvalue weighted by atomic mass is 35.5. The van der Waals surface area contributed by atoms with Crippen LogP contribution in [0.15, 0.2) is 18.2 Å². The van der Waals surface area contributed by atoms with E-state index in [1.807, 2.05) is 0 Å². The van der Waals surface area contributed by atoms with E-state index in [1.165, 1.54) is 17.0 Å². The zero-order valence-electron chi connectivity index (χ0n) is 10.6. The van der Waals surface area contributed by atoms with Crippen molar-refractivity contribution in [2.24, 2.45) is 5.92 Å². The van der Waals surface area contributed by atoms with Crippen molar-refractivity contribution in [1.29, 1.82) is 0 Å². The van der Waals surface area contributed by atoms with Gasteiger partial charge in [-0.3, -0.25) is 4.79 Å². The minimum Gasteiger partial charge on any atom is -0.480 e. The molecule has 1 aliphatic rings. The predicted octanol–water partition coefficient (Wildman–Crippen LogP) is 2.81. The van der Waals surface area contributed by atoms with Crippen molar-refractivity contribution in [3.63, 3.8) is 0 Å². The lowest BCUT2D eigenvalue weighted by Gasteiger charge is -2.21. The quantitative estimate of drug-likeness (QED) is 0.878. The number of benzene rings is 1. The Morgan fingerprint density at radius 1 is 1.45 bits per heavy atom. The summed E-state index contributed by atoms with van der Waals surface area (Å²) >= 11 is 5.62. The number of carboxylic acids is 1. The van der Waals surface area contributed by atoms with E-state index < -0.39 is 17.8 Å². The molecule has 0 atom stereocenters. The Morgan fingerprint density at radius 2 is 2.15 bits per heavy atom. The molecule has 2 N–H and O–H groups in total. The number of carbonyl (C=O) groups is 2. The van der Waals surface area contributed by atoms with Crippen molar-refractivity contribution in [2.45, 2.75) is 12.8 Å². The maximum absolute atomic E-state index is 13.0. The minimum absolute atomic E-state index is 0.102. The predicted molar refractivity (Wildman–Crippen MR) is 72.4 cm³/mol. The van der Waals surface area contributed by atoms with Crippen LogP contribution in [0.5, 0.6) is 0 Å². The van der Waals surface area contributed by atoms with Crippen LogP contribution in [-0.2, 0) is 4.79 Å². The Hall–Kier alpha value is -1.82. The molecule has 1 aliphatic carbocycles. The van der Waals surface area contributed by atoms with Gasteiger partial charge in [0, 0.05) is 12.2 Å². The summed E-state index contributed by atoms with van der Waals surface area (Å²) in [6.45, 7) is 0.0460. The lowest BCUT2D eigenvalue weighted by atomic mass is 10.3. The first-order chi connectivity index (χ1) is 9.45. The van der Waals surface area contributed by atoms with Crippen molar-refractivity contribution in [3.05, 3.63) is 29.0 Å². The Kier molecular flexibility index (Phi) is 4.44. The molecule has 2 amide bonds. The maximum atomic E-state index is 13.0. The van der Waals surface area contributed by atoms with Crippen molar-refractivity contribution in [3.8, 4) is 0 Å². The molecule has 0 saturated heterocycles. The molecule has 0 aliphatic heterocycles. The number of carboxylic acid groups (broad SMARTS) is 1. The van der Waals surface area contributed by atoms with Crippen LogP contribution in [0.25, 0.3) is 0 Å². The van der Waals surface area contributed by atoms with Crippen LogP contribution < -0.4 is 5.32 Å². The van der Waals surface area contributed by atoms with Gasteiger partial charge >= 0.3 is 12.0 Å². The van der Waals surface area contributed by atoms with Gasteiger partial charge in [-0.25, -0.2) is 9.18 Å². The standard InChI is InChI=1S/C13H14ClFN2O3/c14-10-5-9(3-4-11(10)15)16-13(20)17(7-12(18)19)6-8-1-2-8/h3-5,8H,1-2,6-7H2,(H,16,20)(H,18,19). The second-order valence-electron chi connectivity index (χ2n) is 4.78. The van der Waals surface area contributed by atoms with Gasteiger partial charge in [-0.15, -0.1) is 0 Å². The van der Waals surface area contributed by atoms with Crippen molar-refractivity contribution in [2.75, 3.05) is 18.4 Å². The topological polar surface area (TPSA) is 69.6 Å². The fourth-order valence-corrected chi connectivity index (χ4v) is 1.95. The van der Waals surface area contributed by atoms with E-state index in [0.717, 1.165) is 18.9 Å². The molecule has 20 heavy (non-hydrogen) atoms. The summed E-state index contributed by atoms with van der Waals surface area (Å²) in [6.07, 6.45) is 2.01. The molecule has 0 bridgehead atoms. The highest BCUT2D eigenvalue weighted by Gasteiger charge is 2.28. The van der Waals surface area contributed by atoms with E-state index in [2.05, 4.69) is 5.32 Å². The summed E-state index contributed by atoms with van der Waals surface area (Å²) in [6, 6.07) is 3.27. The molecule has 1 aromatic rings. The average Bonchev–Trinajstić information content (AvgIpc) is 3.16. The van der Waals surface area contributed by atoms with Gasteiger partial charge < -0.3 is 15.3 Å². The van der Waals surface area contributed by atoms with Gasteiger partial charge in [0.25, 0.3) is 0 Å². The molecular weight excluding hydrogens is 287 g/mol. The monoisotopic (exact) mass is 300 g/mol. The number of anilines is 1. The van der Waals surface area contributed by atoms with Crippen molar-refractivity contribution in [1.82, 2.24) is 4.90 Å². The van der Waals surface area contributed by atoms with E-state index >= 15 is 0 Å². The van der Waals surface area contributed by atoms with Gasteiger partial charge in [0.05, 0.1) is 5.02 Å². The van der Waals surface area contributed by atoms with E-state index in [4.69, 9.17) is 16.7 Å². The Balaban J connectivity index is 2.02. The Labute approximate surface area is 120 Å². The summed E-state index contributed by atoms with van der Waals surface area (Å²) in [5, 5.41) is 11.2. The Bertz CT molecular complexity index is 534. The first kappa shape index (κ1) is 14.6. The average molecular weight is 301 g/mol. The van der Waals surface area contributed by atoms with Crippen LogP contribution >= 0.6 is 11.6 Å². The zero-order valence-corrected chi connectivity index (χ0v) is 11.4. The van der Waals surface area contributed by atoms with Gasteiger partial charge in [-0.2, -0.15) is 0 Å². The Morgan fingerprint density at radius 3 is 2.70 bits per heavy atom. The number of nitrogens with zero attached hydrogens (tertiary/aromatic N) is 1. The van der Waals surface area contributed by atoms with Crippen molar-refractivity contribution < 1.29 is 19.1 Å². The van der Waals surface area contributed by atoms with Gasteiger partial charge in [0.1, 0.15) is 12.4 Å². The number of nitrogens with one attached hydrogen (secondary N) is 1.